The summed E-state index contributed by atoms with van der Waals surface area (Å²) in [6, 6.07) is 16.3. The highest BCUT2D eigenvalue weighted by molar-refractivity contribution is 6.16. The average Bonchev–Trinajstić information content (AvgIpc) is 3.39. The largest absolute Gasteiger partial charge is 0.507 e. The number of anilines is 1. The first kappa shape index (κ1) is 23.3. The Kier molecular flexibility index (Phi) is 5.72. The minimum Gasteiger partial charge on any atom is -0.507 e. The summed E-state index contributed by atoms with van der Waals surface area (Å²) < 4.78 is 21.5. The monoisotopic (exact) mass is 497 g/mol. The zero-order chi connectivity index (χ0) is 25.7. The first-order chi connectivity index (χ1) is 17.9. The molecule has 7 heteroatoms. The summed E-state index contributed by atoms with van der Waals surface area (Å²) in [6.07, 6.45) is 3.79. The SMILES string of the molecule is Cc1cc(O)c(CN2CCN(c3ccc(F)cc3)CC2)c2c1C(=O)/C(=C\c1cn(C)c3ccccc13)O2. The molecule has 6 nitrogen and oxygen atoms in total. The predicted molar refractivity (Wildman–Crippen MR) is 143 cm³/mol. The van der Waals surface area contributed by atoms with Crippen molar-refractivity contribution in [2.75, 3.05) is 31.1 Å². The van der Waals surface area contributed by atoms with Crippen molar-refractivity contribution in [3.05, 3.63) is 94.6 Å². The van der Waals surface area contributed by atoms with E-state index >= 15 is 0 Å². The number of hydrogen-bond donors (Lipinski definition) is 1. The van der Waals surface area contributed by atoms with E-state index in [1.54, 1.807) is 24.3 Å². The number of rotatable bonds is 4. The number of para-hydroxylation sites is 1. The molecule has 0 radical (unpaired) electrons. The van der Waals surface area contributed by atoms with Crippen molar-refractivity contribution in [3.63, 3.8) is 0 Å². The predicted octanol–water partition coefficient (Wildman–Crippen LogP) is 5.27. The number of allylic oxidation sites excluding steroid dienone is 1. The summed E-state index contributed by atoms with van der Waals surface area (Å²) in [5.74, 6) is 0.450. The van der Waals surface area contributed by atoms with Gasteiger partial charge in [0.2, 0.25) is 5.78 Å². The molecular formula is C30H28FN3O3. The van der Waals surface area contributed by atoms with Crippen LogP contribution in [0.4, 0.5) is 10.1 Å². The Labute approximate surface area is 214 Å². The molecule has 1 aromatic heterocycles. The molecule has 37 heavy (non-hydrogen) atoms. The fourth-order valence-electron chi connectivity index (χ4n) is 5.40. The molecule has 4 aromatic rings. The van der Waals surface area contributed by atoms with Crippen LogP contribution in [0.3, 0.4) is 0 Å². The maximum absolute atomic E-state index is 13.4. The lowest BCUT2D eigenvalue weighted by Crippen LogP contribution is -2.46. The van der Waals surface area contributed by atoms with Gasteiger partial charge in [0.1, 0.15) is 17.3 Å². The van der Waals surface area contributed by atoms with E-state index < -0.39 is 0 Å². The zero-order valence-corrected chi connectivity index (χ0v) is 20.9. The van der Waals surface area contributed by atoms with Crippen molar-refractivity contribution in [2.24, 2.45) is 7.05 Å². The van der Waals surface area contributed by atoms with Crippen LogP contribution in [0.1, 0.15) is 27.0 Å². The number of benzene rings is 3. The number of phenols is 1. The molecule has 0 bridgehead atoms. The molecule has 2 aliphatic rings. The smallest absolute Gasteiger partial charge is 0.232 e. The van der Waals surface area contributed by atoms with Crippen LogP contribution < -0.4 is 9.64 Å². The fourth-order valence-corrected chi connectivity index (χ4v) is 5.40. The number of fused-ring (bicyclic) bond motifs is 2. The average molecular weight is 498 g/mol. The third kappa shape index (κ3) is 4.15. The van der Waals surface area contributed by atoms with E-state index in [2.05, 4.69) is 9.80 Å². The highest BCUT2D eigenvalue weighted by Crippen LogP contribution is 2.42. The molecule has 1 fully saturated rings. The van der Waals surface area contributed by atoms with Gasteiger partial charge in [-0.3, -0.25) is 9.69 Å². The third-order valence-corrected chi connectivity index (χ3v) is 7.38. The summed E-state index contributed by atoms with van der Waals surface area (Å²) in [7, 11) is 1.98. The quantitative estimate of drug-likeness (QED) is 0.390. The summed E-state index contributed by atoms with van der Waals surface area (Å²) in [4.78, 5) is 17.9. The Morgan fingerprint density at radius 1 is 1.05 bits per heavy atom. The van der Waals surface area contributed by atoms with Crippen molar-refractivity contribution in [2.45, 2.75) is 13.5 Å². The molecule has 0 spiro atoms. The lowest BCUT2D eigenvalue weighted by molar-refractivity contribution is 0.101. The second kappa shape index (κ2) is 9.09. The van der Waals surface area contributed by atoms with Crippen LogP contribution in [0.25, 0.3) is 17.0 Å². The highest BCUT2D eigenvalue weighted by atomic mass is 19.1. The van der Waals surface area contributed by atoms with Crippen LogP contribution in [0.5, 0.6) is 11.5 Å². The molecule has 0 saturated carbocycles. The van der Waals surface area contributed by atoms with E-state index in [-0.39, 0.29) is 23.1 Å². The van der Waals surface area contributed by atoms with Crippen LogP contribution in [0.2, 0.25) is 0 Å². The van der Waals surface area contributed by atoms with Crippen LogP contribution >= 0.6 is 0 Å². The summed E-state index contributed by atoms with van der Waals surface area (Å²) in [5, 5.41) is 11.9. The second-order valence-electron chi connectivity index (χ2n) is 9.79. The number of carbonyl (C=O) groups is 1. The second-order valence-corrected chi connectivity index (χ2v) is 9.79. The number of aromatic hydroxyl groups is 1. The molecular weight excluding hydrogens is 469 g/mol. The molecule has 0 aliphatic carbocycles. The molecule has 0 unspecified atom stereocenters. The van der Waals surface area contributed by atoms with Crippen molar-refractivity contribution in [3.8, 4) is 11.5 Å². The first-order valence-corrected chi connectivity index (χ1v) is 12.5. The topological polar surface area (TPSA) is 57.9 Å². The Balaban J connectivity index is 1.25. The van der Waals surface area contributed by atoms with Crippen LogP contribution in [-0.2, 0) is 13.6 Å². The van der Waals surface area contributed by atoms with E-state index in [0.717, 1.165) is 48.3 Å². The van der Waals surface area contributed by atoms with Gasteiger partial charge < -0.3 is 19.3 Å². The molecule has 188 valence electrons. The number of phenolic OH excluding ortho intramolecular Hbond substituents is 1. The van der Waals surface area contributed by atoms with Gasteiger partial charge in [0, 0.05) is 68.1 Å². The minimum atomic E-state index is -0.241. The van der Waals surface area contributed by atoms with Gasteiger partial charge in [0.25, 0.3) is 0 Å². The number of Topliss-reactive ketones (excluding diaryl/α,β-unsaturated/α-hetero) is 1. The number of piperazine rings is 1. The minimum absolute atomic E-state index is 0.136. The molecule has 1 N–H and O–H groups in total. The summed E-state index contributed by atoms with van der Waals surface area (Å²) in [5.41, 5.74) is 4.83. The molecule has 0 amide bonds. The van der Waals surface area contributed by atoms with Gasteiger partial charge >= 0.3 is 0 Å². The third-order valence-electron chi connectivity index (χ3n) is 7.38. The van der Waals surface area contributed by atoms with Crippen molar-refractivity contribution in [1.82, 2.24) is 9.47 Å². The van der Waals surface area contributed by atoms with Gasteiger partial charge in [-0.25, -0.2) is 4.39 Å². The molecule has 6 rings (SSSR count). The summed E-state index contributed by atoms with van der Waals surface area (Å²) >= 11 is 0. The molecule has 0 atom stereocenters. The number of carbonyl (C=O) groups excluding carboxylic acids is 1. The molecule has 2 aliphatic heterocycles. The van der Waals surface area contributed by atoms with Gasteiger partial charge in [-0.05, 0) is 55.0 Å². The standard InChI is InChI=1S/C30H28FN3O3/c1-19-15-26(35)24(18-33-11-13-34(14-12-33)22-9-7-21(31)8-10-22)30-28(19)29(36)27(37-30)16-20-17-32(2)25-6-4-3-5-23(20)25/h3-10,15-17,35H,11-14,18H2,1-2H3/b27-16+. The van der Waals surface area contributed by atoms with Crippen LogP contribution in [0.15, 0.2) is 66.6 Å². The molecule has 3 aromatic carbocycles. The van der Waals surface area contributed by atoms with Gasteiger partial charge in [-0.2, -0.15) is 0 Å². The van der Waals surface area contributed by atoms with Crippen LogP contribution in [-0.4, -0.2) is 46.5 Å². The number of aryl methyl sites for hydroxylation is 2. The maximum atomic E-state index is 13.4. The molecule has 3 heterocycles. The van der Waals surface area contributed by atoms with E-state index in [9.17, 15) is 14.3 Å². The number of ether oxygens (including phenoxy) is 1. The Morgan fingerprint density at radius 3 is 2.54 bits per heavy atom. The Morgan fingerprint density at radius 2 is 1.78 bits per heavy atom. The first-order valence-electron chi connectivity index (χ1n) is 12.5. The van der Waals surface area contributed by atoms with Gasteiger partial charge in [-0.1, -0.05) is 18.2 Å². The fraction of sp³-hybridized carbons (Fsp3) is 0.233. The number of halogens is 1. The normalized spacial score (nSPS) is 17.0. The van der Waals surface area contributed by atoms with Crippen molar-refractivity contribution in [1.29, 1.82) is 0 Å². The number of aromatic nitrogens is 1. The number of nitrogens with zero attached hydrogens (tertiary/aromatic N) is 3. The zero-order valence-electron chi connectivity index (χ0n) is 20.9. The van der Waals surface area contributed by atoms with Crippen molar-refractivity contribution < 1.29 is 19.0 Å². The van der Waals surface area contributed by atoms with E-state index in [0.29, 0.717) is 29.0 Å². The maximum Gasteiger partial charge on any atom is 0.232 e. The Hall–Kier alpha value is -4.10. The van der Waals surface area contributed by atoms with E-state index in [4.69, 9.17) is 4.74 Å². The van der Waals surface area contributed by atoms with Gasteiger partial charge in [0.05, 0.1) is 11.1 Å². The number of ketones is 1. The van der Waals surface area contributed by atoms with E-state index in [1.807, 2.05) is 49.0 Å². The lowest BCUT2D eigenvalue weighted by Gasteiger charge is -2.36. The van der Waals surface area contributed by atoms with Crippen molar-refractivity contribution >= 4 is 28.4 Å². The molecule has 1 saturated heterocycles. The highest BCUT2D eigenvalue weighted by Gasteiger charge is 2.34. The van der Waals surface area contributed by atoms with Crippen LogP contribution in [0, 0.1) is 12.7 Å². The van der Waals surface area contributed by atoms with Gasteiger partial charge in [-0.15, -0.1) is 0 Å². The summed E-state index contributed by atoms with van der Waals surface area (Å²) in [6.45, 7) is 5.41. The lowest BCUT2D eigenvalue weighted by atomic mass is 9.99. The number of hydrogen-bond acceptors (Lipinski definition) is 5. The van der Waals surface area contributed by atoms with Gasteiger partial charge in [0.15, 0.2) is 5.76 Å². The Bertz CT molecular complexity index is 1550. The van der Waals surface area contributed by atoms with E-state index in [1.165, 1.54) is 12.1 Å².